The summed E-state index contributed by atoms with van der Waals surface area (Å²) in [7, 11) is 0. The summed E-state index contributed by atoms with van der Waals surface area (Å²) in [5.41, 5.74) is 1.32. The van der Waals surface area contributed by atoms with E-state index in [-0.39, 0.29) is 75.4 Å². The van der Waals surface area contributed by atoms with E-state index in [0.29, 0.717) is 51.5 Å². The molecule has 8 rings (SSSR count). The zero-order valence-corrected chi connectivity index (χ0v) is 63.0. The molecule has 1 atom stereocenters. The first-order chi connectivity index (χ1) is 43.5. The predicted molar refractivity (Wildman–Crippen MR) is 378 cm³/mol. The van der Waals surface area contributed by atoms with Gasteiger partial charge in [0.15, 0.2) is 6.61 Å². The van der Waals surface area contributed by atoms with Gasteiger partial charge in [-0.1, -0.05) is 123 Å². The average Bonchev–Trinajstić information content (AvgIpc) is 0.949. The Morgan fingerprint density at radius 2 is 0.755 bits per heavy atom. The zero-order chi connectivity index (χ0) is 72.0. The lowest BCUT2D eigenvalue weighted by molar-refractivity contribution is -0.201. The Hall–Kier alpha value is -5.27. The largest absolute Gasteiger partial charge is 0.457 e. The standard InChI is InChI=1S/C18H28O2.C14H24O2.C13H20O4.C12H20O2.C12H22O2.C11H18O2/c1-5-17(4,20-16(19)12(2)3)18-9-13-6-14(10-18)8-15(7-13)11-18;1-10(2)13(15)16-14(11(3)4)8-6-12(5)7-9-14;1-4-13(7-5-6-8-13)17-11(14)9-16-12(15)10(2)3;1-9(2)11(13)14-12(10(3)4)7-5-6-8-12;1-8(2)11(13)14-12(7,9(3)4)10(5)6;1-4-11(7-5-6-8-11)13-10(12)9(2)3/h13-15H,2,5-11H2,1,3-4H3;11-12H,1,6-9H2,2-5H3;2,4-9H2,1,3H3;10H,1,5-8H2,2-4H3;9-10H,1H2,2-7H3;2,4-8H2,1,3H3. The smallest absolute Gasteiger partial charge is 0.344 e. The fourth-order valence-electron chi connectivity index (χ4n) is 15.1. The average molecular weight is 1320 g/mol. The summed E-state index contributed by atoms with van der Waals surface area (Å²) in [4.78, 5) is 80.7. The van der Waals surface area contributed by atoms with Gasteiger partial charge in [0, 0.05) is 38.9 Å². The molecule has 8 aliphatic carbocycles. The molecule has 8 aliphatic rings. The molecule has 0 amide bonds. The van der Waals surface area contributed by atoms with Crippen molar-refractivity contribution in [1.82, 2.24) is 0 Å². The minimum Gasteiger partial charge on any atom is -0.457 e. The monoisotopic (exact) mass is 1320 g/mol. The van der Waals surface area contributed by atoms with Crippen LogP contribution in [0.5, 0.6) is 0 Å². The minimum absolute atomic E-state index is 0.171. The summed E-state index contributed by atoms with van der Waals surface area (Å²) in [5, 5.41) is 0. The van der Waals surface area contributed by atoms with Crippen molar-refractivity contribution in [1.29, 1.82) is 0 Å². The highest BCUT2D eigenvalue weighted by Crippen LogP contribution is 2.65. The van der Waals surface area contributed by atoms with E-state index in [2.05, 4.69) is 123 Å². The quantitative estimate of drug-likeness (QED) is 0.0566. The van der Waals surface area contributed by atoms with E-state index in [1.54, 1.807) is 34.6 Å². The van der Waals surface area contributed by atoms with Crippen LogP contribution in [0.25, 0.3) is 0 Å². The van der Waals surface area contributed by atoms with Crippen molar-refractivity contribution in [2.45, 2.75) is 333 Å². The second kappa shape index (κ2) is 37.5. The lowest BCUT2D eigenvalue weighted by Gasteiger charge is -2.62. The summed E-state index contributed by atoms with van der Waals surface area (Å²) in [6, 6.07) is 0. The van der Waals surface area contributed by atoms with Gasteiger partial charge in [0.05, 0.1) is 0 Å². The van der Waals surface area contributed by atoms with Crippen LogP contribution in [0.15, 0.2) is 72.9 Å². The molecule has 0 heterocycles. The van der Waals surface area contributed by atoms with E-state index in [9.17, 15) is 33.6 Å². The highest BCUT2D eigenvalue weighted by atomic mass is 16.6. The van der Waals surface area contributed by atoms with Gasteiger partial charge in [0.1, 0.15) is 33.6 Å². The number of ether oxygens (including phenoxy) is 7. The molecule has 94 heavy (non-hydrogen) atoms. The van der Waals surface area contributed by atoms with Crippen molar-refractivity contribution < 1.29 is 66.7 Å². The van der Waals surface area contributed by atoms with Crippen molar-refractivity contribution in [2.75, 3.05) is 6.61 Å². The summed E-state index contributed by atoms with van der Waals surface area (Å²) in [5.74, 6) is 2.56. The normalized spacial score (nSPS) is 24.6. The first-order valence-electron chi connectivity index (χ1n) is 36.0. The molecule has 536 valence electrons. The molecular weight excluding hydrogens is 1180 g/mol. The molecule has 8 saturated carbocycles. The van der Waals surface area contributed by atoms with Gasteiger partial charge in [-0.05, 0) is 263 Å². The molecule has 8 fully saturated rings. The van der Waals surface area contributed by atoms with Crippen LogP contribution in [0, 0.1) is 52.8 Å². The van der Waals surface area contributed by atoms with Gasteiger partial charge in [-0.3, -0.25) is 0 Å². The number of esters is 7. The van der Waals surface area contributed by atoms with Crippen LogP contribution in [0.3, 0.4) is 0 Å². The van der Waals surface area contributed by atoms with E-state index in [4.69, 9.17) is 33.2 Å². The highest BCUT2D eigenvalue weighted by Gasteiger charge is 2.60. The third kappa shape index (κ3) is 24.4. The van der Waals surface area contributed by atoms with Gasteiger partial charge in [-0.25, -0.2) is 33.6 Å². The molecule has 0 radical (unpaired) electrons. The van der Waals surface area contributed by atoms with Gasteiger partial charge in [-0.15, -0.1) is 0 Å². The zero-order valence-electron chi connectivity index (χ0n) is 63.0. The van der Waals surface area contributed by atoms with Gasteiger partial charge in [0.2, 0.25) is 0 Å². The van der Waals surface area contributed by atoms with Crippen LogP contribution in [0.2, 0.25) is 0 Å². The van der Waals surface area contributed by atoms with E-state index >= 15 is 0 Å². The second-order valence-electron chi connectivity index (χ2n) is 31.3. The Balaban J connectivity index is 0.000000387. The van der Waals surface area contributed by atoms with Crippen molar-refractivity contribution in [3.63, 3.8) is 0 Å². The summed E-state index contributed by atoms with van der Waals surface area (Å²) >= 11 is 0. The van der Waals surface area contributed by atoms with Crippen molar-refractivity contribution in [2.24, 2.45) is 52.8 Å². The molecule has 0 spiro atoms. The summed E-state index contributed by atoms with van der Waals surface area (Å²) in [6.45, 7) is 60.8. The molecular formula is C80H132O14. The molecule has 4 bridgehead atoms. The summed E-state index contributed by atoms with van der Waals surface area (Å²) < 4.78 is 38.4. The maximum Gasteiger partial charge on any atom is 0.344 e. The van der Waals surface area contributed by atoms with Crippen molar-refractivity contribution in [3.05, 3.63) is 72.9 Å². The van der Waals surface area contributed by atoms with E-state index in [1.807, 2.05) is 13.8 Å². The van der Waals surface area contributed by atoms with Crippen LogP contribution in [-0.4, -0.2) is 82.0 Å². The number of carbonyl (C=O) groups is 7. The van der Waals surface area contributed by atoms with Crippen LogP contribution >= 0.6 is 0 Å². The van der Waals surface area contributed by atoms with Crippen LogP contribution in [-0.2, 0) is 66.7 Å². The molecule has 1 unspecified atom stereocenters. The second-order valence-corrected chi connectivity index (χ2v) is 31.3. The maximum absolute atomic E-state index is 12.1. The number of hydrogen-bond acceptors (Lipinski definition) is 14. The third-order valence-corrected chi connectivity index (χ3v) is 22.4. The van der Waals surface area contributed by atoms with Crippen LogP contribution in [0.1, 0.15) is 299 Å². The number of rotatable bonds is 22. The predicted octanol–water partition coefficient (Wildman–Crippen LogP) is 19.7. The molecule has 14 heteroatoms. The maximum atomic E-state index is 12.1. The van der Waals surface area contributed by atoms with E-state index in [1.165, 1.54) is 71.1 Å². The Labute approximate surface area is 570 Å². The Morgan fingerprint density at radius 3 is 1.07 bits per heavy atom. The minimum atomic E-state index is -0.557. The Morgan fingerprint density at radius 1 is 0.436 bits per heavy atom. The summed E-state index contributed by atoms with van der Waals surface area (Å²) in [6.07, 6.45) is 27.8. The molecule has 0 N–H and O–H groups in total. The molecule has 0 aromatic carbocycles. The van der Waals surface area contributed by atoms with Crippen LogP contribution in [0.4, 0.5) is 0 Å². The molecule has 0 aromatic heterocycles. The Kier molecular flexibility index (Phi) is 33.8. The number of hydrogen-bond donors (Lipinski definition) is 0. The lowest BCUT2D eigenvalue weighted by atomic mass is 9.45. The van der Waals surface area contributed by atoms with Gasteiger partial charge < -0.3 is 33.2 Å². The van der Waals surface area contributed by atoms with E-state index in [0.717, 1.165) is 120 Å². The Bertz CT molecular complexity index is 2520. The molecule has 0 saturated heterocycles. The fraction of sp³-hybridized carbons (Fsp3) is 0.762. The molecule has 0 aromatic rings. The lowest BCUT2D eigenvalue weighted by Crippen LogP contribution is -2.58. The SMILES string of the molecule is C=C(C)C(=O)OC(C)(C(C)C)C(C)C.C=C(C)C(=O)OC(C)(CC)C12CC3CC(CC(C3)C1)C2.C=C(C)C(=O)OC1(C(C)C)CCC(C)CC1.C=C(C)C(=O)OC1(C(C)C)CCCC1.C=C(C)C(=O)OC1(CC)CCCC1.C=C(C)C(=O)OCC(=O)OC1(CC)CCCC1. The first kappa shape index (κ1) is 84.8. The highest BCUT2D eigenvalue weighted by molar-refractivity contribution is 5.90. The third-order valence-electron chi connectivity index (χ3n) is 22.4. The molecule has 0 aliphatic heterocycles. The first-order valence-corrected chi connectivity index (χ1v) is 36.0. The van der Waals surface area contributed by atoms with Crippen LogP contribution < -0.4 is 0 Å². The van der Waals surface area contributed by atoms with Gasteiger partial charge in [-0.2, -0.15) is 0 Å². The van der Waals surface area contributed by atoms with Crippen molar-refractivity contribution in [3.8, 4) is 0 Å². The van der Waals surface area contributed by atoms with Crippen molar-refractivity contribution >= 4 is 41.8 Å². The van der Waals surface area contributed by atoms with E-state index < -0.39 is 17.5 Å². The topological polar surface area (TPSA) is 184 Å². The van der Waals surface area contributed by atoms with Gasteiger partial charge in [0.25, 0.3) is 0 Å². The molecule has 14 nitrogen and oxygen atoms in total. The van der Waals surface area contributed by atoms with Gasteiger partial charge >= 0.3 is 41.8 Å². The fourth-order valence-corrected chi connectivity index (χ4v) is 15.1. The number of carbonyl (C=O) groups excluding carboxylic acids is 7.